The van der Waals surface area contributed by atoms with Crippen molar-refractivity contribution in [1.29, 1.82) is 0 Å². The maximum absolute atomic E-state index is 12.4. The van der Waals surface area contributed by atoms with Crippen LogP contribution in [0.3, 0.4) is 0 Å². The molecule has 0 aliphatic carbocycles. The van der Waals surface area contributed by atoms with Gasteiger partial charge in [-0.15, -0.1) is 0 Å². The van der Waals surface area contributed by atoms with E-state index in [-0.39, 0.29) is 18.0 Å². The normalized spacial score (nSPS) is 10.8. The number of rotatable bonds is 6. The molecule has 0 fully saturated rings. The maximum atomic E-state index is 12.4. The predicted octanol–water partition coefficient (Wildman–Crippen LogP) is 0.667. The largest absolute Gasteiger partial charge is 0.492 e. The first-order chi connectivity index (χ1) is 12.1. The van der Waals surface area contributed by atoms with Crippen molar-refractivity contribution in [3.05, 3.63) is 53.2 Å². The third kappa shape index (κ3) is 3.68. The van der Waals surface area contributed by atoms with Gasteiger partial charge in [-0.3, -0.25) is 18.8 Å². The highest BCUT2D eigenvalue weighted by molar-refractivity contribution is 5.77. The smallest absolute Gasteiger partial charge is 0.264 e. The lowest BCUT2D eigenvalue weighted by molar-refractivity contribution is -0.130. The molecule has 25 heavy (non-hydrogen) atoms. The minimum atomic E-state index is -0.277. The molecule has 8 nitrogen and oxygen atoms in total. The summed E-state index contributed by atoms with van der Waals surface area (Å²) in [5.74, 6) is 0.564. The molecule has 0 aliphatic rings. The van der Waals surface area contributed by atoms with E-state index in [4.69, 9.17) is 4.74 Å². The van der Waals surface area contributed by atoms with Crippen LogP contribution < -0.4 is 10.3 Å². The van der Waals surface area contributed by atoms with Gasteiger partial charge in [0.15, 0.2) is 5.65 Å². The van der Waals surface area contributed by atoms with Crippen LogP contribution in [0.5, 0.6) is 5.75 Å². The van der Waals surface area contributed by atoms with Gasteiger partial charge in [-0.2, -0.15) is 5.10 Å². The zero-order valence-corrected chi connectivity index (χ0v) is 14.1. The predicted molar refractivity (Wildman–Crippen MR) is 92.3 cm³/mol. The fourth-order valence-electron chi connectivity index (χ4n) is 2.39. The Bertz CT molecular complexity index is 932. The van der Waals surface area contributed by atoms with Crippen molar-refractivity contribution in [2.45, 2.75) is 6.54 Å². The van der Waals surface area contributed by atoms with Crippen LogP contribution in [0.1, 0.15) is 0 Å². The average Bonchev–Trinajstić information content (AvgIpc) is 3.00. The van der Waals surface area contributed by atoms with Crippen LogP contribution in [0.2, 0.25) is 0 Å². The summed E-state index contributed by atoms with van der Waals surface area (Å²) in [7, 11) is 3.39. The van der Waals surface area contributed by atoms with Gasteiger partial charge < -0.3 is 9.64 Å². The molecule has 0 bridgehead atoms. The number of hydrogen-bond acceptors (Lipinski definition) is 5. The van der Waals surface area contributed by atoms with Crippen molar-refractivity contribution in [2.75, 3.05) is 20.2 Å². The minimum Gasteiger partial charge on any atom is -0.492 e. The van der Waals surface area contributed by atoms with Gasteiger partial charge in [-0.1, -0.05) is 18.2 Å². The van der Waals surface area contributed by atoms with E-state index in [1.54, 1.807) is 14.1 Å². The Hall–Kier alpha value is -3.16. The number of carbonyl (C=O) groups is 1. The first-order valence-corrected chi connectivity index (χ1v) is 7.85. The lowest BCUT2D eigenvalue weighted by Crippen LogP contribution is -2.36. The summed E-state index contributed by atoms with van der Waals surface area (Å²) in [4.78, 5) is 30.4. The summed E-state index contributed by atoms with van der Waals surface area (Å²) in [5, 5.41) is 4.41. The number of ether oxygens (including phenoxy) is 1. The van der Waals surface area contributed by atoms with E-state index in [9.17, 15) is 9.59 Å². The summed E-state index contributed by atoms with van der Waals surface area (Å²) in [6.45, 7) is 0.727. The zero-order valence-electron chi connectivity index (χ0n) is 14.1. The quantitative estimate of drug-likeness (QED) is 0.658. The monoisotopic (exact) mass is 341 g/mol. The highest BCUT2D eigenvalue weighted by Gasteiger charge is 2.13. The van der Waals surface area contributed by atoms with Gasteiger partial charge in [-0.05, 0) is 12.1 Å². The van der Waals surface area contributed by atoms with Crippen molar-refractivity contribution < 1.29 is 9.53 Å². The highest BCUT2D eigenvalue weighted by Crippen LogP contribution is 2.08. The molecule has 0 radical (unpaired) electrons. The Balaban J connectivity index is 1.60. The highest BCUT2D eigenvalue weighted by atomic mass is 16.5. The van der Waals surface area contributed by atoms with Crippen LogP contribution in [0, 0.1) is 0 Å². The molecule has 1 aromatic carbocycles. The number of hydrogen-bond donors (Lipinski definition) is 0. The van der Waals surface area contributed by atoms with Gasteiger partial charge in [0.05, 0.1) is 12.7 Å². The molecule has 0 spiro atoms. The summed E-state index contributed by atoms with van der Waals surface area (Å²) in [5.41, 5.74) is 0.221. The number of fused-ring (bicyclic) bond motifs is 1. The van der Waals surface area contributed by atoms with E-state index in [1.807, 2.05) is 30.3 Å². The third-order valence-corrected chi connectivity index (χ3v) is 3.89. The Kier molecular flexibility index (Phi) is 4.78. The Morgan fingerprint density at radius 2 is 2.04 bits per heavy atom. The molecule has 130 valence electrons. The fourth-order valence-corrected chi connectivity index (χ4v) is 2.39. The van der Waals surface area contributed by atoms with Gasteiger partial charge in [0.2, 0.25) is 5.91 Å². The van der Waals surface area contributed by atoms with Gasteiger partial charge in [0, 0.05) is 14.1 Å². The van der Waals surface area contributed by atoms with Crippen molar-refractivity contribution in [3.8, 4) is 5.75 Å². The van der Waals surface area contributed by atoms with Crippen LogP contribution >= 0.6 is 0 Å². The third-order valence-electron chi connectivity index (χ3n) is 3.89. The van der Waals surface area contributed by atoms with Crippen LogP contribution in [-0.4, -0.2) is 50.3 Å². The number of benzene rings is 1. The zero-order chi connectivity index (χ0) is 17.8. The first-order valence-electron chi connectivity index (χ1n) is 7.85. The second-order valence-corrected chi connectivity index (χ2v) is 5.66. The average molecular weight is 341 g/mol. The number of aryl methyl sites for hydroxylation is 1. The second kappa shape index (κ2) is 7.16. The molecule has 2 aromatic heterocycles. The second-order valence-electron chi connectivity index (χ2n) is 5.66. The number of amides is 1. The first kappa shape index (κ1) is 16.7. The van der Waals surface area contributed by atoms with Gasteiger partial charge in [-0.25, -0.2) is 4.98 Å². The van der Waals surface area contributed by atoms with Crippen molar-refractivity contribution in [3.63, 3.8) is 0 Å². The maximum Gasteiger partial charge on any atom is 0.264 e. The standard InChI is InChI=1S/C17H19N5O3/c1-20(8-9-25-13-6-4-3-5-7-13)15(23)11-22-12-18-16-14(17(22)24)10-19-21(16)2/h3-7,10,12H,8-9,11H2,1-2H3. The Morgan fingerprint density at radius 3 is 2.80 bits per heavy atom. The number of para-hydroxylation sites is 1. The van der Waals surface area contributed by atoms with E-state index in [2.05, 4.69) is 10.1 Å². The van der Waals surface area contributed by atoms with Gasteiger partial charge >= 0.3 is 0 Å². The summed E-state index contributed by atoms with van der Waals surface area (Å²) in [6, 6.07) is 9.40. The number of nitrogens with zero attached hydrogens (tertiary/aromatic N) is 5. The summed E-state index contributed by atoms with van der Waals surface area (Å²) < 4.78 is 8.39. The number of aromatic nitrogens is 4. The number of carbonyl (C=O) groups excluding carboxylic acids is 1. The SMILES string of the molecule is CN(CCOc1ccccc1)C(=O)Cn1cnc2c(cnn2C)c1=O. The van der Waals surface area contributed by atoms with Crippen LogP contribution in [0.25, 0.3) is 11.0 Å². The van der Waals surface area contributed by atoms with Gasteiger partial charge in [0.1, 0.15) is 30.6 Å². The van der Waals surface area contributed by atoms with Crippen molar-refractivity contribution in [2.24, 2.45) is 7.05 Å². The van der Waals surface area contributed by atoms with E-state index >= 15 is 0 Å². The molecular weight excluding hydrogens is 322 g/mol. The summed E-state index contributed by atoms with van der Waals surface area (Å²) in [6.07, 6.45) is 2.83. The van der Waals surface area contributed by atoms with Gasteiger partial charge in [0.25, 0.3) is 5.56 Å². The van der Waals surface area contributed by atoms with E-state index in [0.29, 0.717) is 24.2 Å². The van der Waals surface area contributed by atoms with E-state index in [0.717, 1.165) is 5.75 Å². The topological polar surface area (TPSA) is 82.2 Å². The molecule has 0 N–H and O–H groups in total. The molecule has 3 aromatic rings. The summed E-state index contributed by atoms with van der Waals surface area (Å²) >= 11 is 0. The molecule has 2 heterocycles. The van der Waals surface area contributed by atoms with Crippen LogP contribution in [0.15, 0.2) is 47.7 Å². The molecule has 0 unspecified atom stereocenters. The Labute approximate surface area is 144 Å². The van der Waals surface area contributed by atoms with Crippen LogP contribution in [0.4, 0.5) is 0 Å². The Morgan fingerprint density at radius 1 is 1.28 bits per heavy atom. The fraction of sp³-hybridized carbons (Fsp3) is 0.294. The van der Waals surface area contributed by atoms with Crippen molar-refractivity contribution >= 4 is 16.9 Å². The molecule has 0 saturated heterocycles. The van der Waals surface area contributed by atoms with E-state index < -0.39 is 0 Å². The molecule has 3 rings (SSSR count). The molecule has 0 aliphatic heterocycles. The van der Waals surface area contributed by atoms with E-state index in [1.165, 1.54) is 26.7 Å². The molecule has 1 amide bonds. The van der Waals surface area contributed by atoms with Crippen LogP contribution in [-0.2, 0) is 18.4 Å². The molecule has 0 atom stereocenters. The lowest BCUT2D eigenvalue weighted by atomic mass is 10.3. The number of likely N-dealkylation sites (N-methyl/N-ethyl adjacent to an activating group) is 1. The minimum absolute atomic E-state index is 0.0709. The lowest BCUT2D eigenvalue weighted by Gasteiger charge is -2.18. The van der Waals surface area contributed by atoms with Crippen molar-refractivity contribution in [1.82, 2.24) is 24.2 Å². The molecular formula is C17H19N5O3. The molecule has 8 heteroatoms. The molecule has 0 saturated carbocycles.